The van der Waals surface area contributed by atoms with Gasteiger partial charge in [0.15, 0.2) is 0 Å². The predicted octanol–water partition coefficient (Wildman–Crippen LogP) is 1.96. The number of carbonyl (C=O) groups excluding carboxylic acids is 1. The SMILES string of the molecule is Cc1ccccc1OCCN(C)C(=O)[C@H]1CCC[C@H]1N. The molecule has 4 nitrogen and oxygen atoms in total. The van der Waals surface area contributed by atoms with Crippen LogP contribution in [-0.4, -0.2) is 37.0 Å². The van der Waals surface area contributed by atoms with Crippen LogP contribution in [0.2, 0.25) is 0 Å². The summed E-state index contributed by atoms with van der Waals surface area (Å²) in [7, 11) is 1.83. The lowest BCUT2D eigenvalue weighted by Crippen LogP contribution is -2.41. The van der Waals surface area contributed by atoms with Gasteiger partial charge in [0.25, 0.3) is 0 Å². The number of nitrogens with zero attached hydrogens (tertiary/aromatic N) is 1. The molecule has 0 spiro atoms. The Balaban J connectivity index is 1.79. The molecular formula is C16H24N2O2. The number of nitrogens with two attached hydrogens (primary N) is 1. The lowest BCUT2D eigenvalue weighted by molar-refractivity contribution is -0.134. The van der Waals surface area contributed by atoms with E-state index in [2.05, 4.69) is 0 Å². The van der Waals surface area contributed by atoms with Crippen LogP contribution in [0.3, 0.4) is 0 Å². The normalized spacial score (nSPS) is 21.8. The molecule has 1 aromatic carbocycles. The van der Waals surface area contributed by atoms with Crippen LogP contribution in [-0.2, 0) is 4.79 Å². The van der Waals surface area contributed by atoms with Crippen molar-refractivity contribution in [2.75, 3.05) is 20.2 Å². The molecule has 20 heavy (non-hydrogen) atoms. The van der Waals surface area contributed by atoms with Crippen LogP contribution in [0.15, 0.2) is 24.3 Å². The average molecular weight is 276 g/mol. The summed E-state index contributed by atoms with van der Waals surface area (Å²) in [4.78, 5) is 14.0. The summed E-state index contributed by atoms with van der Waals surface area (Å²) in [6.07, 6.45) is 2.94. The molecule has 1 aromatic rings. The van der Waals surface area contributed by atoms with Crippen molar-refractivity contribution in [1.82, 2.24) is 4.90 Å². The number of rotatable bonds is 5. The number of aryl methyl sites for hydroxylation is 1. The number of para-hydroxylation sites is 1. The van der Waals surface area contributed by atoms with Gasteiger partial charge < -0.3 is 15.4 Å². The summed E-state index contributed by atoms with van der Waals surface area (Å²) >= 11 is 0. The predicted molar refractivity (Wildman–Crippen MR) is 79.6 cm³/mol. The van der Waals surface area contributed by atoms with E-state index in [1.54, 1.807) is 4.90 Å². The number of carbonyl (C=O) groups is 1. The van der Waals surface area contributed by atoms with Crippen LogP contribution < -0.4 is 10.5 Å². The van der Waals surface area contributed by atoms with Crippen LogP contribution in [0.25, 0.3) is 0 Å². The lowest BCUT2D eigenvalue weighted by Gasteiger charge is -2.23. The number of hydrogen-bond donors (Lipinski definition) is 1. The second-order valence-electron chi connectivity index (χ2n) is 5.58. The van der Waals surface area contributed by atoms with Crippen LogP contribution in [0.4, 0.5) is 0 Å². The van der Waals surface area contributed by atoms with Crippen molar-refractivity contribution in [3.63, 3.8) is 0 Å². The van der Waals surface area contributed by atoms with Gasteiger partial charge >= 0.3 is 0 Å². The molecule has 2 N–H and O–H groups in total. The summed E-state index contributed by atoms with van der Waals surface area (Å²) in [6.45, 7) is 3.12. The zero-order valence-electron chi connectivity index (χ0n) is 12.3. The minimum absolute atomic E-state index is 0.00142. The van der Waals surface area contributed by atoms with Gasteiger partial charge in [-0.05, 0) is 31.4 Å². The highest BCUT2D eigenvalue weighted by Crippen LogP contribution is 2.25. The van der Waals surface area contributed by atoms with Gasteiger partial charge in [-0.25, -0.2) is 0 Å². The van der Waals surface area contributed by atoms with E-state index in [9.17, 15) is 4.79 Å². The van der Waals surface area contributed by atoms with Crippen LogP contribution in [0.1, 0.15) is 24.8 Å². The Morgan fingerprint density at radius 3 is 2.80 bits per heavy atom. The third kappa shape index (κ3) is 3.51. The van der Waals surface area contributed by atoms with Crippen LogP contribution >= 0.6 is 0 Å². The molecule has 0 unspecified atom stereocenters. The molecule has 0 radical (unpaired) electrons. The van der Waals surface area contributed by atoms with Crippen LogP contribution in [0, 0.1) is 12.8 Å². The van der Waals surface area contributed by atoms with Gasteiger partial charge in [0.2, 0.25) is 5.91 Å². The van der Waals surface area contributed by atoms with Crippen molar-refractivity contribution in [3.8, 4) is 5.75 Å². The number of amides is 1. The first kappa shape index (κ1) is 14.9. The van der Waals surface area contributed by atoms with E-state index in [0.29, 0.717) is 13.2 Å². The number of ether oxygens (including phenoxy) is 1. The standard InChI is InChI=1S/C16H24N2O2/c1-12-6-3-4-9-15(12)20-11-10-18(2)16(19)13-7-5-8-14(13)17/h3-4,6,9,13-14H,5,7-8,10-11,17H2,1-2H3/t13-,14+/m0/s1. The minimum Gasteiger partial charge on any atom is -0.491 e. The van der Waals surface area contributed by atoms with Crippen molar-refractivity contribution in [3.05, 3.63) is 29.8 Å². The van der Waals surface area contributed by atoms with E-state index >= 15 is 0 Å². The zero-order valence-corrected chi connectivity index (χ0v) is 12.3. The summed E-state index contributed by atoms with van der Waals surface area (Å²) in [5.74, 6) is 1.03. The summed E-state index contributed by atoms with van der Waals surface area (Å²) in [6, 6.07) is 7.93. The first-order valence-corrected chi connectivity index (χ1v) is 7.28. The molecule has 2 atom stereocenters. The monoisotopic (exact) mass is 276 g/mol. The van der Waals surface area contributed by atoms with Crippen molar-refractivity contribution in [2.45, 2.75) is 32.2 Å². The highest BCUT2D eigenvalue weighted by molar-refractivity contribution is 5.79. The van der Waals surface area contributed by atoms with E-state index < -0.39 is 0 Å². The largest absolute Gasteiger partial charge is 0.491 e. The van der Waals surface area contributed by atoms with Crippen LogP contribution in [0.5, 0.6) is 5.75 Å². The Morgan fingerprint density at radius 1 is 1.40 bits per heavy atom. The summed E-state index contributed by atoms with van der Waals surface area (Å²) in [5.41, 5.74) is 7.09. The van der Waals surface area contributed by atoms with E-state index in [0.717, 1.165) is 30.6 Å². The van der Waals surface area contributed by atoms with Crippen molar-refractivity contribution in [2.24, 2.45) is 11.7 Å². The van der Waals surface area contributed by atoms with Gasteiger partial charge in [-0.15, -0.1) is 0 Å². The van der Waals surface area contributed by atoms with Gasteiger partial charge in [-0.1, -0.05) is 24.6 Å². The van der Waals surface area contributed by atoms with E-state index in [-0.39, 0.29) is 17.9 Å². The van der Waals surface area contributed by atoms with Gasteiger partial charge in [-0.2, -0.15) is 0 Å². The second kappa shape index (κ2) is 6.75. The second-order valence-corrected chi connectivity index (χ2v) is 5.58. The Kier molecular flexibility index (Phi) is 5.01. The van der Waals surface area contributed by atoms with Crippen molar-refractivity contribution in [1.29, 1.82) is 0 Å². The maximum atomic E-state index is 12.3. The van der Waals surface area contributed by atoms with Crippen molar-refractivity contribution < 1.29 is 9.53 Å². The fourth-order valence-corrected chi connectivity index (χ4v) is 2.70. The highest BCUT2D eigenvalue weighted by atomic mass is 16.5. The Hall–Kier alpha value is -1.55. The maximum absolute atomic E-state index is 12.3. The molecule has 2 rings (SSSR count). The number of hydrogen-bond acceptors (Lipinski definition) is 3. The molecule has 0 saturated heterocycles. The maximum Gasteiger partial charge on any atom is 0.227 e. The smallest absolute Gasteiger partial charge is 0.227 e. The molecule has 1 fully saturated rings. The van der Waals surface area contributed by atoms with Gasteiger partial charge in [0, 0.05) is 13.1 Å². The van der Waals surface area contributed by atoms with E-state index in [4.69, 9.17) is 10.5 Å². The van der Waals surface area contributed by atoms with Gasteiger partial charge in [0.1, 0.15) is 12.4 Å². The van der Waals surface area contributed by atoms with Gasteiger partial charge in [-0.3, -0.25) is 4.79 Å². The Labute approximate surface area is 120 Å². The van der Waals surface area contributed by atoms with Gasteiger partial charge in [0.05, 0.1) is 12.5 Å². The van der Waals surface area contributed by atoms with E-state index in [1.165, 1.54) is 0 Å². The molecule has 0 aromatic heterocycles. The number of likely N-dealkylation sites (N-methyl/N-ethyl adjacent to an activating group) is 1. The molecule has 110 valence electrons. The summed E-state index contributed by atoms with van der Waals surface area (Å²) in [5, 5.41) is 0. The molecule has 0 aliphatic heterocycles. The first-order chi connectivity index (χ1) is 9.59. The third-order valence-corrected chi connectivity index (χ3v) is 4.04. The minimum atomic E-state index is -0.00142. The topological polar surface area (TPSA) is 55.6 Å². The molecule has 0 heterocycles. The number of benzene rings is 1. The zero-order chi connectivity index (χ0) is 14.5. The van der Waals surface area contributed by atoms with E-state index in [1.807, 2.05) is 38.2 Å². The molecule has 4 heteroatoms. The Morgan fingerprint density at radius 2 is 2.15 bits per heavy atom. The lowest BCUT2D eigenvalue weighted by atomic mass is 10.0. The fraction of sp³-hybridized carbons (Fsp3) is 0.562. The molecule has 1 aliphatic rings. The quantitative estimate of drug-likeness (QED) is 0.894. The highest BCUT2D eigenvalue weighted by Gasteiger charge is 2.31. The Bertz CT molecular complexity index is 462. The third-order valence-electron chi connectivity index (χ3n) is 4.04. The van der Waals surface area contributed by atoms with Crippen molar-refractivity contribution >= 4 is 5.91 Å². The molecular weight excluding hydrogens is 252 g/mol. The molecule has 1 saturated carbocycles. The molecule has 1 amide bonds. The fourth-order valence-electron chi connectivity index (χ4n) is 2.70. The molecule has 0 bridgehead atoms. The average Bonchev–Trinajstić information content (AvgIpc) is 2.86. The summed E-state index contributed by atoms with van der Waals surface area (Å²) < 4.78 is 5.72. The first-order valence-electron chi connectivity index (χ1n) is 7.28. The molecule has 1 aliphatic carbocycles.